The average molecular weight is 341 g/mol. The first-order valence-corrected chi connectivity index (χ1v) is 8.25. The highest BCUT2D eigenvalue weighted by Gasteiger charge is 2.37. The highest BCUT2D eigenvalue weighted by molar-refractivity contribution is 5.77. The fourth-order valence-corrected chi connectivity index (χ4v) is 3.29. The van der Waals surface area contributed by atoms with Crippen LogP contribution < -0.4 is 0 Å². The standard InChI is InChI=1S/C17H19N5O3/c1-24-15-10-22(9-11(15)13-8-18-21-20-13)17(23)7-6-16-19-12-4-2-3-5-14(12)25-16/h2-5,8,11,15H,6-7,9-10H2,1H3,(H,18,20,21)/t11-,15+/m0/s1. The third-order valence-corrected chi connectivity index (χ3v) is 4.63. The van der Waals surface area contributed by atoms with Crippen LogP contribution in [0.3, 0.4) is 0 Å². The molecule has 3 heterocycles. The molecule has 1 fully saturated rings. The quantitative estimate of drug-likeness (QED) is 0.756. The second-order valence-corrected chi connectivity index (χ2v) is 6.15. The molecule has 0 bridgehead atoms. The predicted molar refractivity (Wildman–Crippen MR) is 88.8 cm³/mol. The summed E-state index contributed by atoms with van der Waals surface area (Å²) < 4.78 is 11.2. The number of aromatic nitrogens is 4. The van der Waals surface area contributed by atoms with Crippen LogP contribution in [0.15, 0.2) is 34.9 Å². The Labute approximate surface area is 144 Å². The number of rotatable bonds is 5. The summed E-state index contributed by atoms with van der Waals surface area (Å²) in [5, 5.41) is 10.6. The van der Waals surface area contributed by atoms with Crippen molar-refractivity contribution in [1.82, 2.24) is 25.3 Å². The number of hydrogen-bond acceptors (Lipinski definition) is 6. The summed E-state index contributed by atoms with van der Waals surface area (Å²) in [7, 11) is 1.66. The number of fused-ring (bicyclic) bond motifs is 1. The number of oxazole rings is 1. The summed E-state index contributed by atoms with van der Waals surface area (Å²) in [6.45, 7) is 1.14. The van der Waals surface area contributed by atoms with Crippen LogP contribution in [0.5, 0.6) is 0 Å². The number of methoxy groups -OCH3 is 1. The van der Waals surface area contributed by atoms with Crippen LogP contribution in [0, 0.1) is 0 Å². The first-order valence-electron chi connectivity index (χ1n) is 8.25. The molecule has 8 heteroatoms. The number of carbonyl (C=O) groups excluding carboxylic acids is 1. The number of hydrogen-bond donors (Lipinski definition) is 1. The monoisotopic (exact) mass is 341 g/mol. The minimum absolute atomic E-state index is 0.0389. The van der Waals surface area contributed by atoms with E-state index in [0.29, 0.717) is 31.8 Å². The number of nitrogens with one attached hydrogen (secondary N) is 1. The van der Waals surface area contributed by atoms with Crippen molar-refractivity contribution >= 4 is 17.0 Å². The van der Waals surface area contributed by atoms with Gasteiger partial charge in [-0.1, -0.05) is 12.1 Å². The topological polar surface area (TPSA) is 97.1 Å². The molecular weight excluding hydrogens is 322 g/mol. The molecule has 1 N–H and O–H groups in total. The minimum Gasteiger partial charge on any atom is -0.441 e. The molecule has 0 unspecified atom stereocenters. The zero-order valence-electron chi connectivity index (χ0n) is 13.9. The molecule has 1 aromatic carbocycles. The van der Waals surface area contributed by atoms with Crippen LogP contribution in [0.1, 0.15) is 23.9 Å². The summed E-state index contributed by atoms with van der Waals surface area (Å²) in [6.07, 6.45) is 2.45. The predicted octanol–water partition coefficient (Wildman–Crippen LogP) is 1.52. The Hall–Kier alpha value is -2.74. The van der Waals surface area contributed by atoms with Crippen molar-refractivity contribution in [3.05, 3.63) is 42.0 Å². The first-order chi connectivity index (χ1) is 12.2. The van der Waals surface area contributed by atoms with Crippen LogP contribution >= 0.6 is 0 Å². The number of amides is 1. The summed E-state index contributed by atoms with van der Waals surface area (Å²) in [5.41, 5.74) is 2.38. The molecule has 0 radical (unpaired) electrons. The van der Waals surface area contributed by atoms with Gasteiger partial charge in [-0.15, -0.1) is 0 Å². The van der Waals surface area contributed by atoms with Gasteiger partial charge in [-0.25, -0.2) is 4.98 Å². The summed E-state index contributed by atoms with van der Waals surface area (Å²) in [6, 6.07) is 7.59. The maximum atomic E-state index is 12.6. The Morgan fingerprint density at radius 3 is 3.04 bits per heavy atom. The van der Waals surface area contributed by atoms with E-state index < -0.39 is 0 Å². The zero-order chi connectivity index (χ0) is 17.2. The number of aryl methyl sites for hydroxylation is 1. The molecule has 0 spiro atoms. The molecule has 1 aliphatic heterocycles. The Morgan fingerprint density at radius 1 is 1.40 bits per heavy atom. The lowest BCUT2D eigenvalue weighted by Gasteiger charge is -2.15. The third kappa shape index (κ3) is 3.12. The molecule has 0 aliphatic carbocycles. The van der Waals surface area contributed by atoms with Gasteiger partial charge in [-0.3, -0.25) is 4.79 Å². The number of benzene rings is 1. The summed E-state index contributed by atoms with van der Waals surface area (Å²) >= 11 is 0. The van der Waals surface area contributed by atoms with Gasteiger partial charge < -0.3 is 14.1 Å². The fourth-order valence-electron chi connectivity index (χ4n) is 3.29. The average Bonchev–Trinajstić information content (AvgIpc) is 3.37. The van der Waals surface area contributed by atoms with Crippen LogP contribution in [-0.4, -0.2) is 57.5 Å². The molecule has 1 saturated heterocycles. The number of aromatic amines is 1. The lowest BCUT2D eigenvalue weighted by molar-refractivity contribution is -0.130. The van der Waals surface area contributed by atoms with E-state index in [2.05, 4.69) is 20.4 Å². The number of carbonyl (C=O) groups is 1. The third-order valence-electron chi connectivity index (χ3n) is 4.63. The molecule has 1 amide bonds. The maximum Gasteiger partial charge on any atom is 0.223 e. The number of ether oxygens (including phenoxy) is 1. The van der Waals surface area contributed by atoms with Gasteiger partial charge in [0.25, 0.3) is 0 Å². The molecule has 25 heavy (non-hydrogen) atoms. The Morgan fingerprint density at radius 2 is 2.28 bits per heavy atom. The summed E-state index contributed by atoms with van der Waals surface area (Å²) in [4.78, 5) is 18.8. The molecule has 1 aliphatic rings. The van der Waals surface area contributed by atoms with Gasteiger partial charge in [-0.2, -0.15) is 15.4 Å². The second kappa shape index (κ2) is 6.64. The zero-order valence-corrected chi connectivity index (χ0v) is 13.9. The van der Waals surface area contributed by atoms with Crippen molar-refractivity contribution in [2.24, 2.45) is 0 Å². The minimum atomic E-state index is -0.0709. The Bertz CT molecular complexity index is 827. The van der Waals surface area contributed by atoms with E-state index in [-0.39, 0.29) is 17.9 Å². The molecular formula is C17H19N5O3. The van der Waals surface area contributed by atoms with Gasteiger partial charge in [0.05, 0.1) is 23.9 Å². The first kappa shape index (κ1) is 15.8. The Kier molecular flexibility index (Phi) is 4.19. The molecule has 130 valence electrons. The van der Waals surface area contributed by atoms with Crippen molar-refractivity contribution in [2.45, 2.75) is 24.9 Å². The van der Waals surface area contributed by atoms with Gasteiger partial charge in [0.1, 0.15) is 5.52 Å². The van der Waals surface area contributed by atoms with Crippen molar-refractivity contribution in [3.63, 3.8) is 0 Å². The van der Waals surface area contributed by atoms with Gasteiger partial charge in [0, 0.05) is 33.0 Å². The van der Waals surface area contributed by atoms with Crippen molar-refractivity contribution in [1.29, 1.82) is 0 Å². The largest absolute Gasteiger partial charge is 0.441 e. The second-order valence-electron chi connectivity index (χ2n) is 6.15. The number of likely N-dealkylation sites (tertiary alicyclic amines) is 1. The molecule has 3 aromatic rings. The van der Waals surface area contributed by atoms with E-state index in [9.17, 15) is 4.79 Å². The van der Waals surface area contributed by atoms with Gasteiger partial charge >= 0.3 is 0 Å². The van der Waals surface area contributed by atoms with E-state index in [0.717, 1.165) is 16.8 Å². The maximum absolute atomic E-state index is 12.6. The lowest BCUT2D eigenvalue weighted by atomic mass is 10.0. The van der Waals surface area contributed by atoms with Gasteiger partial charge in [0.2, 0.25) is 5.91 Å². The molecule has 2 aromatic heterocycles. The molecule has 0 saturated carbocycles. The fraction of sp³-hybridized carbons (Fsp3) is 0.412. The molecule has 4 rings (SSSR count). The van der Waals surface area contributed by atoms with E-state index in [1.165, 1.54) is 0 Å². The van der Waals surface area contributed by atoms with Gasteiger partial charge in [-0.05, 0) is 12.1 Å². The molecule has 2 atom stereocenters. The normalized spacial score (nSPS) is 20.4. The van der Waals surface area contributed by atoms with E-state index in [1.807, 2.05) is 29.2 Å². The Balaban J connectivity index is 1.39. The number of H-pyrrole nitrogens is 1. The van der Waals surface area contributed by atoms with Crippen LogP contribution in [-0.2, 0) is 16.0 Å². The van der Waals surface area contributed by atoms with Crippen LogP contribution in [0.2, 0.25) is 0 Å². The smallest absolute Gasteiger partial charge is 0.223 e. The van der Waals surface area contributed by atoms with Crippen molar-refractivity contribution in [3.8, 4) is 0 Å². The van der Waals surface area contributed by atoms with E-state index in [1.54, 1.807) is 13.3 Å². The van der Waals surface area contributed by atoms with Crippen LogP contribution in [0.4, 0.5) is 0 Å². The highest BCUT2D eigenvalue weighted by Crippen LogP contribution is 2.28. The van der Waals surface area contributed by atoms with E-state index in [4.69, 9.17) is 9.15 Å². The number of para-hydroxylation sites is 2. The van der Waals surface area contributed by atoms with Crippen molar-refractivity contribution in [2.75, 3.05) is 20.2 Å². The molecule has 8 nitrogen and oxygen atoms in total. The van der Waals surface area contributed by atoms with E-state index >= 15 is 0 Å². The van der Waals surface area contributed by atoms with Crippen molar-refractivity contribution < 1.29 is 13.9 Å². The van der Waals surface area contributed by atoms with Crippen LogP contribution in [0.25, 0.3) is 11.1 Å². The summed E-state index contributed by atoms with van der Waals surface area (Å²) in [5.74, 6) is 0.692. The number of nitrogens with zero attached hydrogens (tertiary/aromatic N) is 4. The SMILES string of the molecule is CO[C@@H]1CN(C(=O)CCc2nc3ccccc3o2)C[C@H]1c1cn[nH]n1. The lowest BCUT2D eigenvalue weighted by Crippen LogP contribution is -2.30. The van der Waals surface area contributed by atoms with Gasteiger partial charge in [0.15, 0.2) is 11.5 Å². The highest BCUT2D eigenvalue weighted by atomic mass is 16.5.